The van der Waals surface area contributed by atoms with E-state index < -0.39 is 11.9 Å². The van der Waals surface area contributed by atoms with Gasteiger partial charge in [-0.2, -0.15) is 0 Å². The fraction of sp³-hybridized carbons (Fsp3) is 0.667. The standard InChI is InChI=1S/C22H32N2O3S.C2H2O4/c1-3-27-22(26)20-16-6-4-5-7-18(16)28-21(20)24-19(25)12-23-13(2)17-11-14-8-9-15(17)10-14;3-1(4)2(5)6/h13-15,17,23H,3-12H2,1-2H3,(H,24,25);(H,3,4)(H,5,6). The van der Waals surface area contributed by atoms with Crippen molar-refractivity contribution in [2.45, 2.75) is 71.3 Å². The number of rotatable bonds is 7. The number of hydrogen-bond donors (Lipinski definition) is 4. The van der Waals surface area contributed by atoms with Gasteiger partial charge in [0.2, 0.25) is 5.91 Å². The van der Waals surface area contributed by atoms with E-state index in [0.717, 1.165) is 43.1 Å². The van der Waals surface area contributed by atoms with Crippen molar-refractivity contribution < 1.29 is 34.1 Å². The molecule has 2 fully saturated rings. The Bertz CT molecular complexity index is 917. The summed E-state index contributed by atoms with van der Waals surface area (Å²) >= 11 is 1.55. The fourth-order valence-electron chi connectivity index (χ4n) is 5.56. The highest BCUT2D eigenvalue weighted by Gasteiger charge is 2.41. The van der Waals surface area contributed by atoms with Gasteiger partial charge in [0, 0.05) is 10.9 Å². The Labute approximate surface area is 203 Å². The third kappa shape index (κ3) is 6.35. The van der Waals surface area contributed by atoms with Crippen molar-refractivity contribution in [1.29, 1.82) is 0 Å². The van der Waals surface area contributed by atoms with Crippen LogP contribution in [0.2, 0.25) is 0 Å². The zero-order valence-corrected chi connectivity index (χ0v) is 20.5. The maximum absolute atomic E-state index is 12.6. The van der Waals surface area contributed by atoms with E-state index in [1.165, 1.54) is 30.6 Å². The van der Waals surface area contributed by atoms with E-state index in [2.05, 4.69) is 17.6 Å². The van der Waals surface area contributed by atoms with E-state index >= 15 is 0 Å². The van der Waals surface area contributed by atoms with E-state index in [-0.39, 0.29) is 11.9 Å². The Morgan fingerprint density at radius 2 is 1.79 bits per heavy atom. The zero-order valence-electron chi connectivity index (χ0n) is 19.7. The van der Waals surface area contributed by atoms with Gasteiger partial charge in [-0.1, -0.05) is 6.42 Å². The van der Waals surface area contributed by atoms with E-state index in [9.17, 15) is 9.59 Å². The molecule has 2 saturated carbocycles. The van der Waals surface area contributed by atoms with Gasteiger partial charge in [-0.25, -0.2) is 14.4 Å². The van der Waals surface area contributed by atoms with Crippen molar-refractivity contribution in [3.63, 3.8) is 0 Å². The van der Waals surface area contributed by atoms with Crippen LogP contribution in [0.1, 0.15) is 73.2 Å². The van der Waals surface area contributed by atoms with Crippen molar-refractivity contribution in [3.8, 4) is 0 Å². The van der Waals surface area contributed by atoms with E-state index in [0.29, 0.717) is 35.7 Å². The number of nitrogens with one attached hydrogen (secondary N) is 2. The van der Waals surface area contributed by atoms with Crippen LogP contribution < -0.4 is 10.6 Å². The number of carbonyl (C=O) groups excluding carboxylic acids is 2. The van der Waals surface area contributed by atoms with Crippen molar-refractivity contribution >= 4 is 40.2 Å². The highest BCUT2D eigenvalue weighted by Crippen LogP contribution is 2.49. The SMILES string of the molecule is CCOC(=O)c1c(NC(=O)CNC(C)C2CC3CCC2C3)sc2c1CCCC2.O=C(O)C(=O)O. The van der Waals surface area contributed by atoms with Crippen LogP contribution in [0, 0.1) is 17.8 Å². The van der Waals surface area contributed by atoms with Crippen LogP contribution in [-0.2, 0) is 32.0 Å². The molecule has 1 amide bonds. The third-order valence-electron chi connectivity index (χ3n) is 7.11. The quantitative estimate of drug-likeness (QED) is 0.334. The molecule has 0 radical (unpaired) electrons. The van der Waals surface area contributed by atoms with Gasteiger partial charge in [0.15, 0.2) is 0 Å². The summed E-state index contributed by atoms with van der Waals surface area (Å²) in [6.07, 6.45) is 9.57. The Balaban J connectivity index is 0.000000481. The second kappa shape index (κ2) is 11.8. The predicted octanol–water partition coefficient (Wildman–Crippen LogP) is 3.31. The lowest BCUT2D eigenvalue weighted by Gasteiger charge is -2.28. The first-order valence-corrected chi connectivity index (χ1v) is 12.8. The third-order valence-corrected chi connectivity index (χ3v) is 8.31. The maximum atomic E-state index is 12.6. The van der Waals surface area contributed by atoms with Gasteiger partial charge in [-0.3, -0.25) is 4.79 Å². The highest BCUT2D eigenvalue weighted by molar-refractivity contribution is 7.17. The number of carboxylic acid groups (broad SMARTS) is 2. The summed E-state index contributed by atoms with van der Waals surface area (Å²) in [6.45, 7) is 4.67. The summed E-state index contributed by atoms with van der Waals surface area (Å²) in [5, 5.41) is 21.9. The molecule has 9 nitrogen and oxygen atoms in total. The van der Waals surface area contributed by atoms with Crippen LogP contribution >= 0.6 is 11.3 Å². The normalized spacial score (nSPS) is 23.3. The van der Waals surface area contributed by atoms with Crippen LogP contribution in [0.15, 0.2) is 0 Å². The molecular weight excluding hydrogens is 460 g/mol. The van der Waals surface area contributed by atoms with Gasteiger partial charge in [0.05, 0.1) is 18.7 Å². The van der Waals surface area contributed by atoms with Crippen molar-refractivity contribution in [2.24, 2.45) is 17.8 Å². The van der Waals surface area contributed by atoms with Gasteiger partial charge in [0.25, 0.3) is 0 Å². The molecule has 1 aromatic rings. The van der Waals surface area contributed by atoms with Gasteiger partial charge < -0.3 is 25.6 Å². The van der Waals surface area contributed by atoms with Crippen molar-refractivity contribution in [3.05, 3.63) is 16.0 Å². The number of anilines is 1. The number of aryl methyl sites for hydroxylation is 1. The Morgan fingerprint density at radius 3 is 2.38 bits per heavy atom. The van der Waals surface area contributed by atoms with Crippen LogP contribution in [0.3, 0.4) is 0 Å². The number of thiophene rings is 1. The van der Waals surface area contributed by atoms with Crippen LogP contribution in [-0.4, -0.2) is 53.2 Å². The number of carboxylic acids is 2. The number of esters is 1. The molecule has 2 bridgehead atoms. The second-order valence-electron chi connectivity index (χ2n) is 9.30. The molecule has 188 valence electrons. The lowest BCUT2D eigenvalue weighted by atomic mass is 9.84. The molecule has 0 aromatic carbocycles. The predicted molar refractivity (Wildman–Crippen MR) is 127 cm³/mol. The summed E-state index contributed by atoms with van der Waals surface area (Å²) in [4.78, 5) is 44.6. The van der Waals surface area contributed by atoms with Gasteiger partial charge in [0.1, 0.15) is 5.00 Å². The molecule has 4 atom stereocenters. The average molecular weight is 495 g/mol. The highest BCUT2D eigenvalue weighted by atomic mass is 32.1. The molecule has 4 unspecified atom stereocenters. The van der Waals surface area contributed by atoms with Crippen molar-refractivity contribution in [1.82, 2.24) is 5.32 Å². The molecule has 3 aliphatic rings. The van der Waals surface area contributed by atoms with Crippen LogP contribution in [0.4, 0.5) is 5.00 Å². The number of aliphatic carboxylic acids is 2. The smallest absolute Gasteiger partial charge is 0.414 e. The summed E-state index contributed by atoms with van der Waals surface area (Å²) in [5.41, 5.74) is 1.68. The van der Waals surface area contributed by atoms with E-state index in [1.807, 2.05) is 6.92 Å². The van der Waals surface area contributed by atoms with E-state index in [1.54, 1.807) is 11.3 Å². The van der Waals surface area contributed by atoms with Gasteiger partial charge in [-0.15, -0.1) is 11.3 Å². The zero-order chi connectivity index (χ0) is 24.8. The summed E-state index contributed by atoms with van der Waals surface area (Å²) in [7, 11) is 0. The number of ether oxygens (including phenoxy) is 1. The Morgan fingerprint density at radius 1 is 1.09 bits per heavy atom. The molecule has 0 aliphatic heterocycles. The monoisotopic (exact) mass is 494 g/mol. The van der Waals surface area contributed by atoms with Crippen molar-refractivity contribution in [2.75, 3.05) is 18.5 Å². The fourth-order valence-corrected chi connectivity index (χ4v) is 6.85. The summed E-state index contributed by atoms with van der Waals surface area (Å²) in [6, 6.07) is 0.363. The molecular formula is C24H34N2O7S. The number of fused-ring (bicyclic) bond motifs is 3. The number of hydrogen-bond acceptors (Lipinski definition) is 7. The van der Waals surface area contributed by atoms with Crippen LogP contribution in [0.5, 0.6) is 0 Å². The molecule has 10 heteroatoms. The molecule has 34 heavy (non-hydrogen) atoms. The first-order valence-electron chi connectivity index (χ1n) is 12.0. The van der Waals surface area contributed by atoms with Gasteiger partial charge in [-0.05, 0) is 82.1 Å². The molecule has 0 spiro atoms. The lowest BCUT2D eigenvalue weighted by Crippen LogP contribution is -2.40. The Kier molecular flexibility index (Phi) is 9.07. The molecule has 1 aromatic heterocycles. The lowest BCUT2D eigenvalue weighted by molar-refractivity contribution is -0.159. The maximum Gasteiger partial charge on any atom is 0.414 e. The summed E-state index contributed by atoms with van der Waals surface area (Å²) < 4.78 is 5.27. The number of amides is 1. The van der Waals surface area contributed by atoms with E-state index in [4.69, 9.17) is 24.5 Å². The first-order chi connectivity index (χ1) is 16.2. The molecule has 3 aliphatic carbocycles. The number of carbonyl (C=O) groups is 4. The molecule has 0 saturated heterocycles. The van der Waals surface area contributed by atoms with Crippen LogP contribution in [0.25, 0.3) is 0 Å². The topological polar surface area (TPSA) is 142 Å². The van der Waals surface area contributed by atoms with Gasteiger partial charge >= 0.3 is 17.9 Å². The minimum atomic E-state index is -1.82. The molecule has 1 heterocycles. The summed E-state index contributed by atoms with van der Waals surface area (Å²) in [5.74, 6) is -1.56. The Hall–Kier alpha value is -2.46. The largest absolute Gasteiger partial charge is 0.473 e. The average Bonchev–Trinajstić information content (AvgIpc) is 3.52. The molecule has 4 rings (SSSR count). The molecule has 4 N–H and O–H groups in total. The minimum absolute atomic E-state index is 0.0702. The first kappa shape index (κ1) is 26.2. The minimum Gasteiger partial charge on any atom is -0.473 e. The second-order valence-corrected chi connectivity index (χ2v) is 10.4.